The van der Waals surface area contributed by atoms with Crippen LogP contribution in [0.4, 0.5) is 5.69 Å². The molecule has 0 fully saturated rings. The largest absolute Gasteiger partial charge is 0.352 e. The molecule has 0 bridgehead atoms. The summed E-state index contributed by atoms with van der Waals surface area (Å²) in [6, 6.07) is 13.8. The fraction of sp³-hybridized carbons (Fsp3) is 0.263. The minimum absolute atomic E-state index is 0.00801. The summed E-state index contributed by atoms with van der Waals surface area (Å²) in [5.41, 5.74) is 3.98. The van der Waals surface area contributed by atoms with Crippen molar-refractivity contribution in [3.63, 3.8) is 0 Å². The monoisotopic (exact) mass is 340 g/mol. The molecule has 0 aliphatic carbocycles. The standard InChI is InChI=1S/C19H20N2O2S/c1-12-5-3-4-6-15(12)11-20-18(22)10-14-7-8-17-16(9-14)21-19(23)13(2)24-17/h3-9,13H,10-11H2,1-2H3,(H,20,22)(H,21,23). The molecule has 3 rings (SSSR count). The first-order valence-corrected chi connectivity index (χ1v) is 8.82. The first-order chi connectivity index (χ1) is 11.5. The molecule has 0 saturated carbocycles. The second-order valence-electron chi connectivity index (χ2n) is 5.96. The lowest BCUT2D eigenvalue weighted by Crippen LogP contribution is -2.27. The summed E-state index contributed by atoms with van der Waals surface area (Å²) in [4.78, 5) is 25.0. The van der Waals surface area contributed by atoms with E-state index in [0.717, 1.165) is 21.7 Å². The van der Waals surface area contributed by atoms with Gasteiger partial charge in [-0.3, -0.25) is 9.59 Å². The topological polar surface area (TPSA) is 58.2 Å². The fourth-order valence-electron chi connectivity index (χ4n) is 2.62. The minimum atomic E-state index is -0.0826. The number of carbonyl (C=O) groups is 2. The molecule has 2 N–H and O–H groups in total. The van der Waals surface area contributed by atoms with Gasteiger partial charge in [0.1, 0.15) is 0 Å². The number of aryl methyl sites for hydroxylation is 1. The number of rotatable bonds is 4. The Morgan fingerprint density at radius 1 is 1.25 bits per heavy atom. The number of fused-ring (bicyclic) bond motifs is 1. The maximum absolute atomic E-state index is 12.2. The van der Waals surface area contributed by atoms with Gasteiger partial charge in [0.25, 0.3) is 0 Å². The van der Waals surface area contributed by atoms with E-state index in [1.54, 1.807) is 11.8 Å². The first-order valence-electron chi connectivity index (χ1n) is 7.94. The van der Waals surface area contributed by atoms with E-state index in [1.165, 1.54) is 5.56 Å². The van der Waals surface area contributed by atoms with Crippen molar-refractivity contribution in [2.75, 3.05) is 5.32 Å². The van der Waals surface area contributed by atoms with E-state index in [-0.39, 0.29) is 17.1 Å². The summed E-state index contributed by atoms with van der Waals surface area (Å²) in [6.45, 7) is 4.45. The van der Waals surface area contributed by atoms with Gasteiger partial charge in [0.05, 0.1) is 17.4 Å². The minimum Gasteiger partial charge on any atom is -0.352 e. The predicted octanol–water partition coefficient (Wildman–Crippen LogP) is 3.29. The van der Waals surface area contributed by atoms with E-state index in [2.05, 4.69) is 10.6 Å². The van der Waals surface area contributed by atoms with Gasteiger partial charge in [-0.25, -0.2) is 0 Å². The molecule has 1 aliphatic heterocycles. The quantitative estimate of drug-likeness (QED) is 0.898. The molecule has 0 radical (unpaired) electrons. The average molecular weight is 340 g/mol. The van der Waals surface area contributed by atoms with Gasteiger partial charge in [-0.15, -0.1) is 11.8 Å². The lowest BCUT2D eigenvalue weighted by molar-refractivity contribution is -0.120. The molecular weight excluding hydrogens is 320 g/mol. The van der Waals surface area contributed by atoms with E-state index in [0.29, 0.717) is 13.0 Å². The Morgan fingerprint density at radius 2 is 2.04 bits per heavy atom. The van der Waals surface area contributed by atoms with Gasteiger partial charge in [-0.05, 0) is 42.7 Å². The average Bonchev–Trinajstić information content (AvgIpc) is 2.55. The highest BCUT2D eigenvalue weighted by atomic mass is 32.2. The molecule has 0 spiro atoms. The molecule has 2 aromatic carbocycles. The number of nitrogens with one attached hydrogen (secondary N) is 2. The zero-order valence-corrected chi connectivity index (χ0v) is 14.6. The summed E-state index contributed by atoms with van der Waals surface area (Å²) < 4.78 is 0. The molecule has 0 saturated heterocycles. The van der Waals surface area contributed by atoms with Crippen LogP contribution in [-0.2, 0) is 22.6 Å². The van der Waals surface area contributed by atoms with Crippen LogP contribution in [0.1, 0.15) is 23.6 Å². The lowest BCUT2D eigenvalue weighted by atomic mass is 10.1. The van der Waals surface area contributed by atoms with Crippen LogP contribution in [-0.4, -0.2) is 17.1 Å². The van der Waals surface area contributed by atoms with E-state index in [4.69, 9.17) is 0 Å². The van der Waals surface area contributed by atoms with Crippen LogP contribution in [0.2, 0.25) is 0 Å². The SMILES string of the molecule is Cc1ccccc1CNC(=O)Cc1ccc2c(c1)NC(=O)C(C)S2. The van der Waals surface area contributed by atoms with Gasteiger partial charge in [-0.2, -0.15) is 0 Å². The maximum Gasteiger partial charge on any atom is 0.237 e. The van der Waals surface area contributed by atoms with Gasteiger partial charge in [0.2, 0.25) is 11.8 Å². The van der Waals surface area contributed by atoms with Gasteiger partial charge in [0, 0.05) is 11.4 Å². The number of amides is 2. The molecule has 4 nitrogen and oxygen atoms in total. The molecular formula is C19H20N2O2S. The second kappa shape index (κ2) is 7.09. The second-order valence-corrected chi connectivity index (χ2v) is 7.34. The molecule has 1 atom stereocenters. The van der Waals surface area contributed by atoms with Gasteiger partial charge in [-0.1, -0.05) is 30.3 Å². The predicted molar refractivity (Wildman–Crippen MR) is 97.1 cm³/mol. The van der Waals surface area contributed by atoms with Crippen molar-refractivity contribution in [1.29, 1.82) is 0 Å². The third-order valence-corrected chi connectivity index (χ3v) is 5.25. The molecule has 2 amide bonds. The van der Waals surface area contributed by atoms with Crippen LogP contribution in [0.25, 0.3) is 0 Å². The summed E-state index contributed by atoms with van der Waals surface area (Å²) in [5, 5.41) is 5.77. The number of thioether (sulfide) groups is 1. The van der Waals surface area contributed by atoms with Crippen molar-refractivity contribution in [1.82, 2.24) is 5.32 Å². The number of carbonyl (C=O) groups excluding carboxylic acids is 2. The van der Waals surface area contributed by atoms with Gasteiger partial charge < -0.3 is 10.6 Å². The summed E-state index contributed by atoms with van der Waals surface area (Å²) in [6.07, 6.45) is 0.301. The third kappa shape index (κ3) is 3.79. The zero-order chi connectivity index (χ0) is 17.1. The smallest absolute Gasteiger partial charge is 0.237 e. The van der Waals surface area contributed by atoms with Crippen LogP contribution < -0.4 is 10.6 Å². The van der Waals surface area contributed by atoms with Crippen LogP contribution in [0, 0.1) is 6.92 Å². The van der Waals surface area contributed by atoms with Crippen molar-refractivity contribution in [2.45, 2.75) is 37.0 Å². The Morgan fingerprint density at radius 3 is 2.83 bits per heavy atom. The Kier molecular flexibility index (Phi) is 4.90. The van der Waals surface area contributed by atoms with Crippen molar-refractivity contribution < 1.29 is 9.59 Å². The van der Waals surface area contributed by atoms with E-state index in [9.17, 15) is 9.59 Å². The zero-order valence-electron chi connectivity index (χ0n) is 13.8. The van der Waals surface area contributed by atoms with Crippen LogP contribution in [0.3, 0.4) is 0 Å². The third-order valence-electron chi connectivity index (χ3n) is 4.08. The Hall–Kier alpha value is -2.27. The van der Waals surface area contributed by atoms with Crippen molar-refractivity contribution in [3.8, 4) is 0 Å². The highest BCUT2D eigenvalue weighted by Crippen LogP contribution is 2.35. The number of anilines is 1. The van der Waals surface area contributed by atoms with Crippen molar-refractivity contribution >= 4 is 29.3 Å². The van der Waals surface area contributed by atoms with Crippen LogP contribution >= 0.6 is 11.8 Å². The van der Waals surface area contributed by atoms with Crippen LogP contribution in [0.15, 0.2) is 47.4 Å². The molecule has 1 aliphatic rings. The van der Waals surface area contributed by atoms with E-state index >= 15 is 0 Å². The Balaban J connectivity index is 1.62. The number of hydrogen-bond donors (Lipinski definition) is 2. The highest BCUT2D eigenvalue weighted by molar-refractivity contribution is 8.00. The van der Waals surface area contributed by atoms with E-state index in [1.807, 2.05) is 56.3 Å². The van der Waals surface area contributed by atoms with Gasteiger partial charge in [0.15, 0.2) is 0 Å². The lowest BCUT2D eigenvalue weighted by Gasteiger charge is -2.21. The highest BCUT2D eigenvalue weighted by Gasteiger charge is 2.23. The fourth-order valence-corrected chi connectivity index (χ4v) is 3.55. The number of hydrogen-bond acceptors (Lipinski definition) is 3. The Bertz CT molecular complexity index is 789. The Labute approximate surface area is 146 Å². The molecule has 1 heterocycles. The summed E-state index contributed by atoms with van der Waals surface area (Å²) in [7, 11) is 0. The van der Waals surface area contributed by atoms with Crippen molar-refractivity contribution in [2.24, 2.45) is 0 Å². The van der Waals surface area contributed by atoms with Crippen LogP contribution in [0.5, 0.6) is 0 Å². The molecule has 124 valence electrons. The van der Waals surface area contributed by atoms with E-state index < -0.39 is 0 Å². The van der Waals surface area contributed by atoms with Crippen molar-refractivity contribution in [3.05, 3.63) is 59.2 Å². The molecule has 2 aromatic rings. The molecule has 5 heteroatoms. The number of benzene rings is 2. The molecule has 0 aromatic heterocycles. The molecule has 24 heavy (non-hydrogen) atoms. The maximum atomic E-state index is 12.2. The van der Waals surface area contributed by atoms with Gasteiger partial charge >= 0.3 is 0 Å². The normalized spacial score (nSPS) is 16.2. The summed E-state index contributed by atoms with van der Waals surface area (Å²) in [5.74, 6) is -0.0185. The first kappa shape index (κ1) is 16.6. The summed E-state index contributed by atoms with van der Waals surface area (Å²) >= 11 is 1.54. The molecule has 1 unspecified atom stereocenters.